The van der Waals surface area contributed by atoms with Gasteiger partial charge in [-0.25, -0.2) is 0 Å². The van der Waals surface area contributed by atoms with Crippen LogP contribution in [0.2, 0.25) is 0 Å². The average Bonchev–Trinajstić information content (AvgIpc) is 2.80. The zero-order chi connectivity index (χ0) is 14.4. The summed E-state index contributed by atoms with van der Waals surface area (Å²) >= 11 is 0. The molecule has 2 aliphatic rings. The summed E-state index contributed by atoms with van der Waals surface area (Å²) in [5.41, 5.74) is 0.0264. The molecule has 0 heterocycles. The number of aliphatic hydroxyl groups excluding tert-OH is 1. The highest BCUT2D eigenvalue weighted by molar-refractivity contribution is 4.93. The van der Waals surface area contributed by atoms with Crippen LogP contribution in [0.5, 0.6) is 0 Å². The minimum atomic E-state index is 0.0264. The van der Waals surface area contributed by atoms with Crippen LogP contribution in [0.3, 0.4) is 0 Å². The third-order valence-electron chi connectivity index (χ3n) is 5.83. The van der Waals surface area contributed by atoms with Gasteiger partial charge in [0.1, 0.15) is 0 Å². The van der Waals surface area contributed by atoms with Crippen molar-refractivity contribution in [3.05, 3.63) is 0 Å². The summed E-state index contributed by atoms with van der Waals surface area (Å²) in [5.74, 6) is 1.65. The van der Waals surface area contributed by atoms with Gasteiger partial charge < -0.3 is 10.4 Å². The number of hydrogen-bond acceptors (Lipinski definition) is 2. The second-order valence-corrected chi connectivity index (χ2v) is 7.71. The van der Waals surface area contributed by atoms with Crippen molar-refractivity contribution >= 4 is 0 Å². The maximum Gasteiger partial charge on any atom is 0.0613 e. The van der Waals surface area contributed by atoms with Gasteiger partial charge in [0.05, 0.1) is 6.61 Å². The van der Waals surface area contributed by atoms with E-state index in [-0.39, 0.29) is 5.54 Å². The van der Waals surface area contributed by atoms with E-state index in [0.29, 0.717) is 12.6 Å². The lowest BCUT2D eigenvalue weighted by Crippen LogP contribution is -2.52. The first-order valence-electron chi connectivity index (χ1n) is 9.04. The van der Waals surface area contributed by atoms with Gasteiger partial charge in [-0.2, -0.15) is 0 Å². The molecule has 118 valence electrons. The summed E-state index contributed by atoms with van der Waals surface area (Å²) in [5, 5.41) is 13.9. The number of aliphatic hydroxyl groups is 1. The fourth-order valence-corrected chi connectivity index (χ4v) is 4.31. The molecule has 2 unspecified atom stereocenters. The number of hydrogen-bond donors (Lipinski definition) is 2. The molecular weight excluding hydrogens is 246 g/mol. The number of rotatable bonds is 4. The van der Waals surface area contributed by atoms with E-state index in [4.69, 9.17) is 0 Å². The van der Waals surface area contributed by atoms with Crippen LogP contribution in [0.15, 0.2) is 0 Å². The van der Waals surface area contributed by atoms with Gasteiger partial charge in [0.2, 0.25) is 0 Å². The van der Waals surface area contributed by atoms with Crippen LogP contribution in [-0.2, 0) is 0 Å². The topological polar surface area (TPSA) is 32.3 Å². The molecule has 2 heteroatoms. The highest BCUT2D eigenvalue weighted by Gasteiger charge is 2.34. The van der Waals surface area contributed by atoms with E-state index in [2.05, 4.69) is 19.2 Å². The molecule has 2 fully saturated rings. The first-order valence-corrected chi connectivity index (χ1v) is 9.04. The van der Waals surface area contributed by atoms with E-state index in [9.17, 15) is 5.11 Å². The Balaban J connectivity index is 1.94. The third kappa shape index (κ3) is 4.46. The smallest absolute Gasteiger partial charge is 0.0613 e. The van der Waals surface area contributed by atoms with E-state index in [0.717, 1.165) is 11.8 Å². The Kier molecular flexibility index (Phi) is 6.35. The molecule has 0 aromatic rings. The second kappa shape index (κ2) is 7.79. The Morgan fingerprint density at radius 2 is 1.65 bits per heavy atom. The summed E-state index contributed by atoms with van der Waals surface area (Å²) in [4.78, 5) is 0. The lowest BCUT2D eigenvalue weighted by Gasteiger charge is -2.36. The van der Waals surface area contributed by atoms with Crippen LogP contribution in [0.4, 0.5) is 0 Å². The van der Waals surface area contributed by atoms with Gasteiger partial charge in [0.25, 0.3) is 0 Å². The van der Waals surface area contributed by atoms with Gasteiger partial charge in [-0.05, 0) is 43.9 Å². The quantitative estimate of drug-likeness (QED) is 0.754. The molecule has 0 spiro atoms. The Morgan fingerprint density at radius 1 is 0.950 bits per heavy atom. The Labute approximate surface area is 125 Å². The lowest BCUT2D eigenvalue weighted by molar-refractivity contribution is 0.125. The van der Waals surface area contributed by atoms with Crippen molar-refractivity contribution in [2.45, 2.75) is 96.1 Å². The molecular formula is C18H35NO. The van der Waals surface area contributed by atoms with Gasteiger partial charge in [-0.1, -0.05) is 52.4 Å². The van der Waals surface area contributed by atoms with Gasteiger partial charge in [0, 0.05) is 11.6 Å². The predicted octanol–water partition coefficient (Wildman–Crippen LogP) is 4.27. The van der Waals surface area contributed by atoms with E-state index >= 15 is 0 Å². The van der Waals surface area contributed by atoms with Crippen molar-refractivity contribution in [1.29, 1.82) is 0 Å². The molecule has 2 aliphatic carbocycles. The molecule has 0 saturated heterocycles. The second-order valence-electron chi connectivity index (χ2n) is 7.71. The largest absolute Gasteiger partial charge is 0.394 e. The summed E-state index contributed by atoms with van der Waals surface area (Å²) in [6, 6.07) is 0.653. The van der Waals surface area contributed by atoms with E-state index < -0.39 is 0 Å². The van der Waals surface area contributed by atoms with Gasteiger partial charge >= 0.3 is 0 Å². The van der Waals surface area contributed by atoms with E-state index in [1.54, 1.807) is 0 Å². The predicted molar refractivity (Wildman–Crippen MR) is 85.9 cm³/mol. The molecule has 20 heavy (non-hydrogen) atoms. The van der Waals surface area contributed by atoms with Crippen molar-refractivity contribution in [1.82, 2.24) is 5.32 Å². The molecule has 2 rings (SSSR count). The molecule has 0 aliphatic heterocycles. The van der Waals surface area contributed by atoms with Crippen LogP contribution in [0.25, 0.3) is 0 Å². The highest BCUT2D eigenvalue weighted by atomic mass is 16.3. The fraction of sp³-hybridized carbons (Fsp3) is 1.00. The minimum absolute atomic E-state index is 0.0264. The van der Waals surface area contributed by atoms with Crippen LogP contribution < -0.4 is 5.32 Å². The molecule has 0 amide bonds. The molecule has 2 atom stereocenters. The summed E-state index contributed by atoms with van der Waals surface area (Å²) in [6.07, 6.45) is 14.4. The third-order valence-corrected chi connectivity index (χ3v) is 5.83. The normalized spacial score (nSPS) is 33.9. The first kappa shape index (κ1) is 16.3. The Bertz CT molecular complexity index is 271. The lowest BCUT2D eigenvalue weighted by atomic mass is 9.86. The maximum absolute atomic E-state index is 10.0. The molecule has 0 aromatic heterocycles. The molecule has 2 saturated carbocycles. The van der Waals surface area contributed by atoms with Crippen molar-refractivity contribution in [3.63, 3.8) is 0 Å². The van der Waals surface area contributed by atoms with Crippen molar-refractivity contribution in [2.24, 2.45) is 11.8 Å². The molecule has 0 aromatic carbocycles. The Hall–Kier alpha value is -0.0800. The monoisotopic (exact) mass is 281 g/mol. The molecule has 0 radical (unpaired) electrons. The van der Waals surface area contributed by atoms with E-state index in [1.807, 2.05) is 0 Å². The first-order chi connectivity index (χ1) is 9.65. The maximum atomic E-state index is 10.0. The summed E-state index contributed by atoms with van der Waals surface area (Å²) in [7, 11) is 0. The van der Waals surface area contributed by atoms with Crippen LogP contribution >= 0.6 is 0 Å². The van der Waals surface area contributed by atoms with Crippen molar-refractivity contribution in [2.75, 3.05) is 6.61 Å². The summed E-state index contributed by atoms with van der Waals surface area (Å²) in [6.45, 7) is 5.04. The SMILES string of the molecule is CC(C)C1CCCC(CO)(NC2CCCCCC2)CC1. The minimum Gasteiger partial charge on any atom is -0.394 e. The van der Waals surface area contributed by atoms with E-state index in [1.165, 1.54) is 70.6 Å². The zero-order valence-corrected chi connectivity index (χ0v) is 13.7. The Morgan fingerprint density at radius 3 is 2.25 bits per heavy atom. The molecule has 2 N–H and O–H groups in total. The summed E-state index contributed by atoms with van der Waals surface area (Å²) < 4.78 is 0. The zero-order valence-electron chi connectivity index (χ0n) is 13.7. The fourth-order valence-electron chi connectivity index (χ4n) is 4.31. The molecule has 2 nitrogen and oxygen atoms in total. The van der Waals surface area contributed by atoms with Crippen LogP contribution in [-0.4, -0.2) is 23.3 Å². The van der Waals surface area contributed by atoms with Gasteiger partial charge in [-0.15, -0.1) is 0 Å². The van der Waals surface area contributed by atoms with Crippen molar-refractivity contribution < 1.29 is 5.11 Å². The van der Waals surface area contributed by atoms with Crippen molar-refractivity contribution in [3.8, 4) is 0 Å². The van der Waals surface area contributed by atoms with Crippen LogP contribution in [0, 0.1) is 11.8 Å². The molecule has 0 bridgehead atoms. The standard InChI is InChI=1S/C18H35NO/c1-15(2)16-8-7-12-18(14-20,13-11-16)19-17-9-5-3-4-6-10-17/h15-17,19-20H,3-14H2,1-2H3. The van der Waals surface area contributed by atoms with Gasteiger partial charge in [-0.3, -0.25) is 0 Å². The van der Waals surface area contributed by atoms with Crippen LogP contribution in [0.1, 0.15) is 84.5 Å². The highest BCUT2D eigenvalue weighted by Crippen LogP contribution is 2.35. The average molecular weight is 281 g/mol. The van der Waals surface area contributed by atoms with Gasteiger partial charge in [0.15, 0.2) is 0 Å². The number of nitrogens with one attached hydrogen (secondary N) is 1.